The van der Waals surface area contributed by atoms with Crippen LogP contribution in [0.25, 0.3) is 5.69 Å². The van der Waals surface area contributed by atoms with E-state index in [1.165, 1.54) is 11.8 Å². The first-order chi connectivity index (χ1) is 17.4. The fourth-order valence-electron chi connectivity index (χ4n) is 3.24. The zero-order chi connectivity index (χ0) is 25.5. The van der Waals surface area contributed by atoms with E-state index in [1.54, 1.807) is 48.7 Å². The highest BCUT2D eigenvalue weighted by molar-refractivity contribution is 7.99. The zero-order valence-electron chi connectivity index (χ0n) is 19.1. The van der Waals surface area contributed by atoms with Gasteiger partial charge in [-0.1, -0.05) is 70.8 Å². The number of hydrogen-bond donors (Lipinski definition) is 2. The predicted molar refractivity (Wildman–Crippen MR) is 148 cm³/mol. The van der Waals surface area contributed by atoms with Gasteiger partial charge in [-0.3, -0.25) is 9.36 Å². The molecule has 1 aromatic heterocycles. The molecule has 36 heavy (non-hydrogen) atoms. The highest BCUT2D eigenvalue weighted by Gasteiger charge is 2.18. The molecule has 0 saturated carbocycles. The zero-order valence-corrected chi connectivity index (χ0v) is 22.2. The number of thioether (sulfide) groups is 1. The molecule has 1 amide bonds. The normalized spacial score (nSPS) is 11.1. The average molecular weight is 560 g/mol. The predicted octanol–water partition coefficient (Wildman–Crippen LogP) is 6.39. The Morgan fingerprint density at radius 1 is 1.03 bits per heavy atom. The number of amides is 1. The Hall–Kier alpha value is -3.04. The van der Waals surface area contributed by atoms with Crippen LogP contribution in [0.1, 0.15) is 17.0 Å². The van der Waals surface area contributed by atoms with Crippen molar-refractivity contribution in [3.05, 3.63) is 98.7 Å². The molecule has 1 heterocycles. The lowest BCUT2D eigenvalue weighted by Crippen LogP contribution is -2.20. The molecule has 3 aromatic carbocycles. The maximum atomic E-state index is 12.4. The molecule has 0 radical (unpaired) electrons. The summed E-state index contributed by atoms with van der Waals surface area (Å²) in [5.41, 5.74) is 6.09. The molecule has 0 aliphatic carbocycles. The van der Waals surface area contributed by atoms with Gasteiger partial charge in [-0.05, 0) is 60.5 Å². The van der Waals surface area contributed by atoms with E-state index in [2.05, 4.69) is 26.0 Å². The summed E-state index contributed by atoms with van der Waals surface area (Å²) in [5.74, 6) is 0.415. The van der Waals surface area contributed by atoms with E-state index in [9.17, 15) is 4.79 Å². The molecule has 11 heteroatoms. The maximum absolute atomic E-state index is 12.4. The largest absolute Gasteiger partial charge is 0.378 e. The highest BCUT2D eigenvalue weighted by atomic mass is 35.5. The summed E-state index contributed by atoms with van der Waals surface area (Å²) in [4.78, 5) is 12.4. The third-order valence-electron chi connectivity index (χ3n) is 4.92. The smallest absolute Gasteiger partial charge is 0.250 e. The number of aromatic nitrogens is 3. The molecule has 2 N–H and O–H groups in total. The third-order valence-corrected chi connectivity index (χ3v) is 6.64. The molecule has 0 atom stereocenters. The third kappa shape index (κ3) is 7.01. The van der Waals surface area contributed by atoms with Crippen molar-refractivity contribution in [1.82, 2.24) is 20.2 Å². The lowest BCUT2D eigenvalue weighted by molar-refractivity contribution is -0.118. The molecule has 0 bridgehead atoms. The minimum absolute atomic E-state index is 0.0760. The second-order valence-electron chi connectivity index (χ2n) is 7.69. The number of hydrogen-bond acceptors (Lipinski definition) is 6. The topological polar surface area (TPSA) is 84.2 Å². The molecule has 4 aromatic rings. The van der Waals surface area contributed by atoms with Gasteiger partial charge in [-0.2, -0.15) is 5.10 Å². The second-order valence-corrected chi connectivity index (χ2v) is 9.91. The average Bonchev–Trinajstić information content (AvgIpc) is 3.25. The number of rotatable bonds is 9. The van der Waals surface area contributed by atoms with Gasteiger partial charge in [0.1, 0.15) is 0 Å². The van der Waals surface area contributed by atoms with Crippen molar-refractivity contribution < 1.29 is 4.79 Å². The quantitative estimate of drug-likeness (QED) is 0.141. The number of carbonyl (C=O) groups is 1. The van der Waals surface area contributed by atoms with E-state index < -0.39 is 0 Å². The maximum Gasteiger partial charge on any atom is 0.250 e. The molecule has 0 unspecified atom stereocenters. The van der Waals surface area contributed by atoms with Crippen LogP contribution in [0, 0.1) is 6.92 Å². The lowest BCUT2D eigenvalue weighted by atomic mass is 10.2. The summed E-state index contributed by atoms with van der Waals surface area (Å²) in [6.07, 6.45) is 1.55. The van der Waals surface area contributed by atoms with Gasteiger partial charge in [0, 0.05) is 15.7 Å². The number of aryl methyl sites for hydroxylation is 1. The van der Waals surface area contributed by atoms with Crippen molar-refractivity contribution in [3.63, 3.8) is 0 Å². The van der Waals surface area contributed by atoms with E-state index in [-0.39, 0.29) is 11.7 Å². The van der Waals surface area contributed by atoms with E-state index in [0.29, 0.717) is 38.3 Å². The first kappa shape index (κ1) is 26.0. The Morgan fingerprint density at radius 2 is 1.81 bits per heavy atom. The minimum atomic E-state index is -0.290. The Kier molecular flexibility index (Phi) is 8.88. The van der Waals surface area contributed by atoms with Gasteiger partial charge < -0.3 is 5.32 Å². The summed E-state index contributed by atoms with van der Waals surface area (Å²) < 4.78 is 1.82. The summed E-state index contributed by atoms with van der Waals surface area (Å²) in [5, 5.41) is 18.1. The number of anilines is 1. The molecular formula is C25H21Cl3N6OS. The molecule has 7 nitrogen and oxygen atoms in total. The van der Waals surface area contributed by atoms with Crippen LogP contribution in [0.3, 0.4) is 0 Å². The summed E-state index contributed by atoms with van der Waals surface area (Å²) in [6.45, 7) is 2.42. The van der Waals surface area contributed by atoms with Gasteiger partial charge in [0.2, 0.25) is 0 Å². The summed E-state index contributed by atoms with van der Waals surface area (Å²) in [7, 11) is 0. The molecule has 184 valence electrons. The van der Waals surface area contributed by atoms with E-state index in [0.717, 1.165) is 16.8 Å². The Morgan fingerprint density at radius 3 is 2.56 bits per heavy atom. The Balaban J connectivity index is 1.48. The molecule has 0 saturated heterocycles. The van der Waals surface area contributed by atoms with Crippen LogP contribution >= 0.6 is 46.6 Å². The molecule has 0 fully saturated rings. The second kappa shape index (κ2) is 12.3. The van der Waals surface area contributed by atoms with E-state index in [4.69, 9.17) is 34.8 Å². The van der Waals surface area contributed by atoms with Gasteiger partial charge >= 0.3 is 0 Å². The Labute approximate surface area is 227 Å². The number of nitrogens with one attached hydrogen (secondary N) is 2. The minimum Gasteiger partial charge on any atom is -0.378 e. The number of nitrogens with zero attached hydrogens (tertiary/aromatic N) is 4. The van der Waals surface area contributed by atoms with Crippen molar-refractivity contribution in [2.45, 2.75) is 18.6 Å². The van der Waals surface area contributed by atoms with Gasteiger partial charge in [0.15, 0.2) is 11.0 Å². The summed E-state index contributed by atoms with van der Waals surface area (Å²) >= 11 is 19.7. The molecule has 0 spiro atoms. The fraction of sp³-hybridized carbons (Fsp3) is 0.120. The molecule has 4 rings (SSSR count). The lowest BCUT2D eigenvalue weighted by Gasteiger charge is -2.13. The number of benzene rings is 3. The van der Waals surface area contributed by atoms with Crippen LogP contribution in [0.5, 0.6) is 0 Å². The SMILES string of the molecule is Cc1cccc(NCc2nnc(SCC(=O)N/N=C\c3ccc(Cl)cc3)n2-c2ccc(Cl)cc2Cl)c1. The number of halogens is 3. The van der Waals surface area contributed by atoms with Crippen molar-refractivity contribution in [1.29, 1.82) is 0 Å². The molecule has 0 aliphatic heterocycles. The van der Waals surface area contributed by atoms with Crippen molar-refractivity contribution in [2.75, 3.05) is 11.1 Å². The Bertz CT molecular complexity index is 1390. The van der Waals surface area contributed by atoms with Gasteiger partial charge in [-0.25, -0.2) is 5.43 Å². The van der Waals surface area contributed by atoms with Crippen LogP contribution in [-0.4, -0.2) is 32.6 Å². The van der Waals surface area contributed by atoms with E-state index in [1.807, 2.05) is 35.8 Å². The van der Waals surface area contributed by atoms with Gasteiger partial charge in [0.05, 0.1) is 29.2 Å². The number of carbonyl (C=O) groups excluding carboxylic acids is 1. The van der Waals surface area contributed by atoms with Crippen LogP contribution < -0.4 is 10.7 Å². The summed E-state index contributed by atoms with van der Waals surface area (Å²) in [6, 6.07) is 20.3. The standard InChI is InChI=1S/C25H21Cl3N6OS/c1-16-3-2-4-20(11-16)29-14-23-31-33-25(34(23)22-10-9-19(27)12-21(22)28)36-15-24(35)32-30-13-17-5-7-18(26)8-6-17/h2-13,29H,14-15H2,1H3,(H,32,35)/b30-13-. The van der Waals surface area contributed by atoms with Crippen LogP contribution in [0.2, 0.25) is 15.1 Å². The van der Waals surface area contributed by atoms with Crippen LogP contribution in [0.4, 0.5) is 5.69 Å². The first-order valence-electron chi connectivity index (χ1n) is 10.8. The first-order valence-corrected chi connectivity index (χ1v) is 12.9. The van der Waals surface area contributed by atoms with Crippen molar-refractivity contribution >= 4 is 64.4 Å². The molecular weight excluding hydrogens is 539 g/mol. The van der Waals surface area contributed by atoms with Crippen LogP contribution in [0.15, 0.2) is 77.0 Å². The van der Waals surface area contributed by atoms with E-state index >= 15 is 0 Å². The molecule has 0 aliphatic rings. The fourth-order valence-corrected chi connectivity index (χ4v) is 4.61. The van der Waals surface area contributed by atoms with Crippen molar-refractivity contribution in [2.24, 2.45) is 5.10 Å². The number of hydrazone groups is 1. The van der Waals surface area contributed by atoms with Gasteiger partial charge in [-0.15, -0.1) is 10.2 Å². The monoisotopic (exact) mass is 558 g/mol. The van der Waals surface area contributed by atoms with Crippen molar-refractivity contribution in [3.8, 4) is 5.69 Å². The van der Waals surface area contributed by atoms with Crippen LogP contribution in [-0.2, 0) is 11.3 Å². The van der Waals surface area contributed by atoms with Gasteiger partial charge in [0.25, 0.3) is 5.91 Å². The highest BCUT2D eigenvalue weighted by Crippen LogP contribution is 2.29.